The molecule has 1 N–H and O–H groups in total. The van der Waals surface area contributed by atoms with Gasteiger partial charge in [0.1, 0.15) is 0 Å². The average Bonchev–Trinajstić information content (AvgIpc) is 3.07. The van der Waals surface area contributed by atoms with E-state index in [0.29, 0.717) is 10.9 Å². The number of rotatable bonds is 4. The van der Waals surface area contributed by atoms with Crippen LogP contribution < -0.4 is 5.32 Å². The van der Waals surface area contributed by atoms with Crippen LogP contribution in [0.1, 0.15) is 35.7 Å². The minimum Gasteiger partial charge on any atom is -0.459 e. The molecule has 1 amide bonds. The van der Waals surface area contributed by atoms with E-state index in [1.165, 1.54) is 17.6 Å². The van der Waals surface area contributed by atoms with Crippen LogP contribution in [0, 0.1) is 6.92 Å². The van der Waals surface area contributed by atoms with Crippen LogP contribution in [-0.4, -0.2) is 41.1 Å². The van der Waals surface area contributed by atoms with Crippen molar-refractivity contribution in [3.63, 3.8) is 0 Å². The topological polar surface area (TPSA) is 67.6 Å². The first-order valence-electron chi connectivity index (χ1n) is 7.69. The average molecular weight is 335 g/mol. The number of amides is 1. The number of thiazole rings is 1. The summed E-state index contributed by atoms with van der Waals surface area (Å²) in [5.41, 5.74) is 1.78. The van der Waals surface area contributed by atoms with Crippen molar-refractivity contribution in [2.24, 2.45) is 0 Å². The van der Waals surface area contributed by atoms with Crippen LogP contribution in [0.5, 0.6) is 0 Å². The Kier molecular flexibility index (Phi) is 4.79. The van der Waals surface area contributed by atoms with E-state index < -0.39 is 0 Å². The van der Waals surface area contributed by atoms with Gasteiger partial charge in [0.15, 0.2) is 10.9 Å². The summed E-state index contributed by atoms with van der Waals surface area (Å²) in [5, 5.41) is 5.37. The summed E-state index contributed by atoms with van der Waals surface area (Å²) in [6.45, 7) is 8.57. The van der Waals surface area contributed by atoms with Gasteiger partial charge >= 0.3 is 0 Å². The Bertz CT molecular complexity index is 672. The number of hydrogen-bond acceptors (Lipinski definition) is 6. The molecule has 0 spiro atoms. The number of aromatic nitrogens is 1. The van der Waals surface area contributed by atoms with E-state index in [1.54, 1.807) is 6.07 Å². The summed E-state index contributed by atoms with van der Waals surface area (Å²) >= 11 is 1.43. The highest BCUT2D eigenvalue weighted by Gasteiger charge is 2.23. The molecule has 124 valence electrons. The molecular weight excluding hydrogens is 314 g/mol. The van der Waals surface area contributed by atoms with Gasteiger partial charge < -0.3 is 9.15 Å². The molecule has 2 atom stereocenters. The first-order chi connectivity index (χ1) is 11.0. The monoisotopic (exact) mass is 335 g/mol. The van der Waals surface area contributed by atoms with Crippen molar-refractivity contribution in [3.05, 3.63) is 34.7 Å². The summed E-state index contributed by atoms with van der Waals surface area (Å²) < 4.78 is 10.9. The first-order valence-corrected chi connectivity index (χ1v) is 8.57. The van der Waals surface area contributed by atoms with E-state index in [1.807, 2.05) is 12.3 Å². The van der Waals surface area contributed by atoms with E-state index in [0.717, 1.165) is 30.9 Å². The normalized spacial score (nSPS) is 22.2. The van der Waals surface area contributed by atoms with Gasteiger partial charge in [0.25, 0.3) is 5.91 Å². The van der Waals surface area contributed by atoms with Gasteiger partial charge in [0, 0.05) is 30.6 Å². The number of ether oxygens (including phenoxy) is 1. The zero-order chi connectivity index (χ0) is 16.4. The van der Waals surface area contributed by atoms with Crippen molar-refractivity contribution in [3.8, 4) is 0 Å². The molecule has 2 aromatic heterocycles. The smallest absolute Gasteiger partial charge is 0.293 e. The molecule has 1 saturated heterocycles. The highest BCUT2D eigenvalue weighted by Crippen LogP contribution is 2.20. The Morgan fingerprint density at radius 2 is 2.17 bits per heavy atom. The quantitative estimate of drug-likeness (QED) is 0.930. The number of morpholine rings is 1. The molecule has 0 aliphatic carbocycles. The maximum absolute atomic E-state index is 12.1. The molecule has 0 aromatic carbocycles. The van der Waals surface area contributed by atoms with E-state index in [4.69, 9.17) is 9.15 Å². The third kappa shape index (κ3) is 3.99. The largest absolute Gasteiger partial charge is 0.459 e. The van der Waals surface area contributed by atoms with Crippen molar-refractivity contribution in [1.82, 2.24) is 9.88 Å². The summed E-state index contributed by atoms with van der Waals surface area (Å²) in [7, 11) is 0. The number of carbonyl (C=O) groups is 1. The molecule has 0 radical (unpaired) electrons. The summed E-state index contributed by atoms with van der Waals surface area (Å²) in [5.74, 6) is 0.0691. The van der Waals surface area contributed by atoms with Gasteiger partial charge in [-0.15, -0.1) is 11.3 Å². The Labute approximate surface area is 139 Å². The minimum absolute atomic E-state index is 0.235. The molecule has 0 unspecified atom stereocenters. The van der Waals surface area contributed by atoms with Gasteiger partial charge in [-0.2, -0.15) is 0 Å². The summed E-state index contributed by atoms with van der Waals surface area (Å²) in [6, 6.07) is 1.77. The number of nitrogens with one attached hydrogen (secondary N) is 1. The van der Waals surface area contributed by atoms with Crippen LogP contribution in [-0.2, 0) is 11.3 Å². The van der Waals surface area contributed by atoms with Gasteiger partial charge in [-0.05, 0) is 26.8 Å². The van der Waals surface area contributed by atoms with E-state index in [-0.39, 0.29) is 18.1 Å². The zero-order valence-corrected chi connectivity index (χ0v) is 14.4. The van der Waals surface area contributed by atoms with Gasteiger partial charge in [-0.1, -0.05) is 0 Å². The molecule has 2 aromatic rings. The molecule has 3 heterocycles. The predicted octanol–water partition coefficient (Wildman–Crippen LogP) is 2.91. The molecule has 1 aliphatic heterocycles. The minimum atomic E-state index is -0.262. The van der Waals surface area contributed by atoms with Crippen LogP contribution >= 0.6 is 11.3 Å². The number of nitrogens with zero attached hydrogens (tertiary/aromatic N) is 2. The second-order valence-electron chi connectivity index (χ2n) is 5.98. The van der Waals surface area contributed by atoms with Crippen LogP contribution in [0.15, 0.2) is 22.1 Å². The number of aryl methyl sites for hydroxylation is 1. The molecule has 7 heteroatoms. The predicted molar refractivity (Wildman–Crippen MR) is 88.8 cm³/mol. The van der Waals surface area contributed by atoms with Crippen LogP contribution in [0.25, 0.3) is 0 Å². The number of hydrogen-bond donors (Lipinski definition) is 1. The fraction of sp³-hybridized carbons (Fsp3) is 0.500. The van der Waals surface area contributed by atoms with Gasteiger partial charge in [-0.3, -0.25) is 15.0 Å². The maximum atomic E-state index is 12.1. The van der Waals surface area contributed by atoms with E-state index in [9.17, 15) is 4.79 Å². The molecule has 3 rings (SSSR count). The second-order valence-corrected chi connectivity index (χ2v) is 6.84. The first kappa shape index (κ1) is 16.2. The van der Waals surface area contributed by atoms with Gasteiger partial charge in [0.2, 0.25) is 0 Å². The van der Waals surface area contributed by atoms with Crippen molar-refractivity contribution in [2.75, 3.05) is 18.4 Å². The van der Waals surface area contributed by atoms with E-state index in [2.05, 4.69) is 29.0 Å². The van der Waals surface area contributed by atoms with Crippen LogP contribution in [0.2, 0.25) is 0 Å². The Hall–Kier alpha value is -1.70. The lowest BCUT2D eigenvalue weighted by Gasteiger charge is -2.34. The molecule has 1 aliphatic rings. The number of anilines is 1. The molecule has 0 saturated carbocycles. The van der Waals surface area contributed by atoms with Crippen molar-refractivity contribution in [2.45, 2.75) is 39.5 Å². The Balaban J connectivity index is 1.60. The molecule has 1 fully saturated rings. The van der Waals surface area contributed by atoms with Crippen molar-refractivity contribution < 1.29 is 13.9 Å². The van der Waals surface area contributed by atoms with Crippen molar-refractivity contribution in [1.29, 1.82) is 0 Å². The van der Waals surface area contributed by atoms with Gasteiger partial charge in [-0.25, -0.2) is 4.98 Å². The highest BCUT2D eigenvalue weighted by atomic mass is 32.1. The van der Waals surface area contributed by atoms with Gasteiger partial charge in [0.05, 0.1) is 24.2 Å². The summed E-state index contributed by atoms with van der Waals surface area (Å²) in [4.78, 5) is 18.9. The fourth-order valence-electron chi connectivity index (χ4n) is 2.84. The Morgan fingerprint density at radius 3 is 2.83 bits per heavy atom. The summed E-state index contributed by atoms with van der Waals surface area (Å²) in [6.07, 6.45) is 1.98. The standard InChI is InChI=1S/C16H21N3O3S/c1-10-4-5-21-14(10)15(20)18-16-17-13(9-23-16)8-19-6-11(2)22-12(3)7-19/h4-5,9,11-12H,6-8H2,1-3H3,(H,17,18,20)/t11-,12-/m0/s1. The maximum Gasteiger partial charge on any atom is 0.293 e. The number of carbonyl (C=O) groups excluding carboxylic acids is 1. The lowest BCUT2D eigenvalue weighted by Crippen LogP contribution is -2.44. The fourth-order valence-corrected chi connectivity index (χ4v) is 3.54. The molecular formula is C16H21N3O3S. The van der Waals surface area contributed by atoms with Crippen molar-refractivity contribution >= 4 is 22.4 Å². The van der Waals surface area contributed by atoms with Crippen LogP contribution in [0.4, 0.5) is 5.13 Å². The Morgan fingerprint density at radius 1 is 1.43 bits per heavy atom. The third-order valence-corrected chi connectivity index (χ3v) is 4.53. The molecule has 6 nitrogen and oxygen atoms in total. The lowest BCUT2D eigenvalue weighted by atomic mass is 10.2. The van der Waals surface area contributed by atoms with Crippen LogP contribution in [0.3, 0.4) is 0 Å². The van der Waals surface area contributed by atoms with E-state index >= 15 is 0 Å². The third-order valence-electron chi connectivity index (χ3n) is 3.72. The SMILES string of the molecule is Cc1ccoc1C(=O)Nc1nc(CN2C[C@H](C)O[C@@H](C)C2)cs1. The highest BCUT2D eigenvalue weighted by molar-refractivity contribution is 7.13. The lowest BCUT2D eigenvalue weighted by molar-refractivity contribution is -0.0707. The second kappa shape index (κ2) is 6.82. The zero-order valence-electron chi connectivity index (χ0n) is 13.5. The molecule has 23 heavy (non-hydrogen) atoms. The number of furan rings is 1. The molecule has 0 bridgehead atoms.